The lowest BCUT2D eigenvalue weighted by Crippen LogP contribution is -2.24. The van der Waals surface area contributed by atoms with E-state index >= 15 is 0 Å². The van der Waals surface area contributed by atoms with E-state index in [9.17, 15) is 4.79 Å². The van der Waals surface area contributed by atoms with Crippen LogP contribution < -0.4 is 10.2 Å². The Bertz CT molecular complexity index is 416. The molecule has 0 saturated carbocycles. The van der Waals surface area contributed by atoms with Crippen LogP contribution in [0.15, 0.2) is 17.2 Å². The number of rotatable bonds is 4. The Labute approximate surface area is 102 Å². The number of hydrazone groups is 1. The Morgan fingerprint density at radius 2 is 1.94 bits per heavy atom. The minimum atomic E-state index is -0.265. The van der Waals surface area contributed by atoms with Crippen molar-refractivity contribution in [1.29, 1.82) is 0 Å². The summed E-state index contributed by atoms with van der Waals surface area (Å²) < 4.78 is 5.40. The van der Waals surface area contributed by atoms with E-state index < -0.39 is 0 Å². The Balaban J connectivity index is 2.61. The quantitative estimate of drug-likeness (QED) is 0.640. The summed E-state index contributed by atoms with van der Waals surface area (Å²) in [5.41, 5.74) is 5.91. The van der Waals surface area contributed by atoms with Gasteiger partial charge in [-0.15, -0.1) is 0 Å². The van der Waals surface area contributed by atoms with Crippen LogP contribution in [0.5, 0.6) is 5.75 Å². The molecule has 0 aliphatic carbocycles. The molecule has 0 saturated heterocycles. The Kier molecular flexibility index (Phi) is 4.69. The molecule has 0 bridgehead atoms. The molecule has 0 aliphatic heterocycles. The number of ether oxygens (including phenoxy) is 1. The van der Waals surface area contributed by atoms with Crippen molar-refractivity contribution in [1.82, 2.24) is 5.43 Å². The molecule has 17 heavy (non-hydrogen) atoms. The van der Waals surface area contributed by atoms with E-state index in [4.69, 9.17) is 4.74 Å². The third-order valence-corrected chi connectivity index (χ3v) is 2.59. The monoisotopic (exact) mass is 234 g/mol. The third-order valence-electron chi connectivity index (χ3n) is 2.59. The SMILES string of the molecule is C/C=N/NC(=O)COc1cc(C)c(C)c(C)c1. The van der Waals surface area contributed by atoms with E-state index in [-0.39, 0.29) is 12.5 Å². The number of hydrogen-bond donors (Lipinski definition) is 1. The van der Waals surface area contributed by atoms with Gasteiger partial charge >= 0.3 is 0 Å². The zero-order chi connectivity index (χ0) is 12.8. The summed E-state index contributed by atoms with van der Waals surface area (Å²) in [6.45, 7) is 7.82. The Hall–Kier alpha value is -1.84. The summed E-state index contributed by atoms with van der Waals surface area (Å²) in [5, 5.41) is 3.63. The van der Waals surface area contributed by atoms with Crippen LogP contribution in [0.1, 0.15) is 23.6 Å². The van der Waals surface area contributed by atoms with Crippen LogP contribution >= 0.6 is 0 Å². The van der Waals surface area contributed by atoms with Crippen molar-refractivity contribution in [2.24, 2.45) is 5.10 Å². The molecule has 0 unspecified atom stereocenters. The molecule has 0 heterocycles. The second-order valence-electron chi connectivity index (χ2n) is 3.89. The van der Waals surface area contributed by atoms with Crippen molar-refractivity contribution < 1.29 is 9.53 Å². The van der Waals surface area contributed by atoms with E-state index in [0.29, 0.717) is 5.75 Å². The maximum Gasteiger partial charge on any atom is 0.277 e. The van der Waals surface area contributed by atoms with Crippen molar-refractivity contribution in [3.8, 4) is 5.75 Å². The fraction of sp³-hybridized carbons (Fsp3) is 0.385. The van der Waals surface area contributed by atoms with Gasteiger partial charge < -0.3 is 4.74 Å². The lowest BCUT2D eigenvalue weighted by molar-refractivity contribution is -0.123. The summed E-state index contributed by atoms with van der Waals surface area (Å²) in [6, 6.07) is 3.86. The number of hydrogen-bond acceptors (Lipinski definition) is 3. The number of amides is 1. The molecule has 0 atom stereocenters. The van der Waals surface area contributed by atoms with E-state index in [1.165, 1.54) is 11.8 Å². The molecular weight excluding hydrogens is 216 g/mol. The predicted octanol–water partition coefficient (Wildman–Crippen LogP) is 2.11. The number of nitrogens with zero attached hydrogens (tertiary/aromatic N) is 1. The average Bonchev–Trinajstić information content (AvgIpc) is 2.30. The van der Waals surface area contributed by atoms with Crippen molar-refractivity contribution in [2.75, 3.05) is 6.61 Å². The fourth-order valence-electron chi connectivity index (χ4n) is 1.40. The van der Waals surface area contributed by atoms with Crippen molar-refractivity contribution in [3.05, 3.63) is 28.8 Å². The summed E-state index contributed by atoms with van der Waals surface area (Å²) in [4.78, 5) is 11.3. The van der Waals surface area contributed by atoms with E-state index in [0.717, 1.165) is 11.1 Å². The minimum absolute atomic E-state index is 0.0285. The zero-order valence-corrected chi connectivity index (χ0v) is 10.7. The van der Waals surface area contributed by atoms with Crippen LogP contribution in [-0.2, 0) is 4.79 Å². The Morgan fingerprint density at radius 3 is 2.47 bits per heavy atom. The molecule has 0 fully saturated rings. The molecular formula is C13H18N2O2. The number of carbonyl (C=O) groups excluding carboxylic acids is 1. The second-order valence-corrected chi connectivity index (χ2v) is 3.89. The van der Waals surface area contributed by atoms with Crippen LogP contribution in [0.3, 0.4) is 0 Å². The first kappa shape index (κ1) is 13.2. The summed E-state index contributed by atoms with van der Waals surface area (Å²) in [6.07, 6.45) is 1.51. The molecule has 0 aromatic heterocycles. The number of carbonyl (C=O) groups is 1. The van der Waals surface area contributed by atoms with Crippen molar-refractivity contribution in [3.63, 3.8) is 0 Å². The van der Waals surface area contributed by atoms with Gasteiger partial charge in [0.1, 0.15) is 5.75 Å². The van der Waals surface area contributed by atoms with Gasteiger partial charge in [0.25, 0.3) is 5.91 Å². The zero-order valence-electron chi connectivity index (χ0n) is 10.7. The predicted molar refractivity (Wildman–Crippen MR) is 68.5 cm³/mol. The number of nitrogens with one attached hydrogen (secondary N) is 1. The maximum absolute atomic E-state index is 11.3. The first-order valence-corrected chi connectivity index (χ1v) is 5.51. The van der Waals surface area contributed by atoms with Crippen molar-refractivity contribution >= 4 is 12.1 Å². The first-order valence-electron chi connectivity index (χ1n) is 5.51. The van der Waals surface area contributed by atoms with Gasteiger partial charge in [-0.1, -0.05) is 0 Å². The van der Waals surface area contributed by atoms with Crippen LogP contribution in [0.25, 0.3) is 0 Å². The van der Waals surface area contributed by atoms with E-state index in [1.54, 1.807) is 6.92 Å². The van der Waals surface area contributed by atoms with Crippen LogP contribution in [0.2, 0.25) is 0 Å². The Morgan fingerprint density at radius 1 is 1.35 bits per heavy atom. The molecule has 4 nitrogen and oxygen atoms in total. The molecule has 1 N–H and O–H groups in total. The van der Waals surface area contributed by atoms with Crippen molar-refractivity contribution in [2.45, 2.75) is 27.7 Å². The van der Waals surface area contributed by atoms with Gasteiger partial charge in [0, 0.05) is 6.21 Å². The molecule has 4 heteroatoms. The molecule has 0 spiro atoms. The van der Waals surface area contributed by atoms with Gasteiger partial charge in [-0.2, -0.15) is 5.10 Å². The molecule has 1 aromatic carbocycles. The average molecular weight is 234 g/mol. The highest BCUT2D eigenvalue weighted by atomic mass is 16.5. The molecule has 1 rings (SSSR count). The first-order chi connectivity index (χ1) is 8.04. The summed E-state index contributed by atoms with van der Waals surface area (Å²) in [5.74, 6) is 0.445. The van der Waals surface area contributed by atoms with Crippen LogP contribution in [0, 0.1) is 20.8 Å². The normalized spacial score (nSPS) is 10.6. The lowest BCUT2D eigenvalue weighted by Gasteiger charge is -2.10. The lowest BCUT2D eigenvalue weighted by atomic mass is 10.0. The highest BCUT2D eigenvalue weighted by Crippen LogP contribution is 2.20. The van der Waals surface area contributed by atoms with Gasteiger partial charge in [-0.25, -0.2) is 5.43 Å². The van der Waals surface area contributed by atoms with Gasteiger partial charge in [-0.05, 0) is 56.5 Å². The molecule has 0 radical (unpaired) electrons. The van der Waals surface area contributed by atoms with E-state index in [2.05, 4.69) is 17.5 Å². The fourth-order valence-corrected chi connectivity index (χ4v) is 1.40. The van der Waals surface area contributed by atoms with Gasteiger partial charge in [-0.3, -0.25) is 4.79 Å². The highest BCUT2D eigenvalue weighted by molar-refractivity contribution is 5.78. The summed E-state index contributed by atoms with van der Waals surface area (Å²) >= 11 is 0. The van der Waals surface area contributed by atoms with Crippen LogP contribution in [0.4, 0.5) is 0 Å². The topological polar surface area (TPSA) is 50.7 Å². The third kappa shape index (κ3) is 3.90. The number of benzene rings is 1. The standard InChI is InChI=1S/C13H18N2O2/c1-5-14-15-13(16)8-17-12-6-9(2)11(4)10(3)7-12/h5-7H,8H2,1-4H3,(H,15,16)/b14-5+. The van der Waals surface area contributed by atoms with Gasteiger partial charge in [0.15, 0.2) is 6.61 Å². The summed E-state index contributed by atoms with van der Waals surface area (Å²) in [7, 11) is 0. The maximum atomic E-state index is 11.3. The molecule has 1 aromatic rings. The highest BCUT2D eigenvalue weighted by Gasteiger charge is 2.04. The second kappa shape index (κ2) is 6.03. The molecule has 1 amide bonds. The number of aryl methyl sites for hydroxylation is 2. The largest absolute Gasteiger partial charge is 0.484 e. The van der Waals surface area contributed by atoms with Gasteiger partial charge in [0.05, 0.1) is 0 Å². The minimum Gasteiger partial charge on any atom is -0.484 e. The smallest absolute Gasteiger partial charge is 0.277 e. The van der Waals surface area contributed by atoms with Crippen LogP contribution in [-0.4, -0.2) is 18.7 Å². The van der Waals surface area contributed by atoms with E-state index in [1.807, 2.05) is 26.0 Å². The van der Waals surface area contributed by atoms with Gasteiger partial charge in [0.2, 0.25) is 0 Å². The molecule has 92 valence electrons. The molecule has 0 aliphatic rings.